The summed E-state index contributed by atoms with van der Waals surface area (Å²) >= 11 is 3.16. The van der Waals surface area contributed by atoms with Crippen molar-refractivity contribution in [1.82, 2.24) is 14.9 Å². The molecule has 0 radical (unpaired) electrons. The van der Waals surface area contributed by atoms with Crippen molar-refractivity contribution in [2.24, 2.45) is 5.92 Å². The van der Waals surface area contributed by atoms with Crippen molar-refractivity contribution in [3.05, 3.63) is 17.8 Å². The highest BCUT2D eigenvalue weighted by atomic mass is 32.2. The molecule has 0 spiro atoms. The molecule has 3 rings (SSSR count). The Labute approximate surface area is 126 Å². The molecule has 1 fully saturated rings. The number of carbonyl (C=O) groups excluding carboxylic acids is 1. The number of thiophene rings is 1. The lowest BCUT2D eigenvalue weighted by molar-refractivity contribution is -0.130. The summed E-state index contributed by atoms with van der Waals surface area (Å²) in [7, 11) is 0. The number of fused-ring (bicyclic) bond motifs is 1. The van der Waals surface area contributed by atoms with E-state index >= 15 is 0 Å². The van der Waals surface area contributed by atoms with Gasteiger partial charge in [-0.25, -0.2) is 9.97 Å². The molecule has 0 N–H and O–H groups in total. The fourth-order valence-corrected chi connectivity index (χ4v) is 4.36. The molecule has 1 amide bonds. The van der Waals surface area contributed by atoms with E-state index in [-0.39, 0.29) is 5.91 Å². The third kappa shape index (κ3) is 2.96. The predicted molar refractivity (Wildman–Crippen MR) is 83.1 cm³/mol. The summed E-state index contributed by atoms with van der Waals surface area (Å²) in [6.07, 6.45) is 3.93. The monoisotopic (exact) mass is 307 g/mol. The van der Waals surface area contributed by atoms with E-state index in [1.165, 1.54) is 18.2 Å². The van der Waals surface area contributed by atoms with Gasteiger partial charge in [0, 0.05) is 13.1 Å². The fraction of sp³-hybridized carbons (Fsp3) is 0.500. The second-order valence-corrected chi connectivity index (χ2v) is 7.07. The van der Waals surface area contributed by atoms with Gasteiger partial charge in [0.25, 0.3) is 0 Å². The minimum absolute atomic E-state index is 0.227. The highest BCUT2D eigenvalue weighted by molar-refractivity contribution is 8.00. The van der Waals surface area contributed by atoms with Crippen molar-refractivity contribution < 1.29 is 4.79 Å². The number of thioether (sulfide) groups is 1. The lowest BCUT2D eigenvalue weighted by Crippen LogP contribution is -2.40. The minimum Gasteiger partial charge on any atom is -0.342 e. The van der Waals surface area contributed by atoms with E-state index in [9.17, 15) is 4.79 Å². The number of hydrogen-bond acceptors (Lipinski definition) is 5. The maximum absolute atomic E-state index is 12.3. The Morgan fingerprint density at radius 1 is 1.55 bits per heavy atom. The molecule has 4 nitrogen and oxygen atoms in total. The van der Waals surface area contributed by atoms with Crippen LogP contribution in [0.1, 0.15) is 19.8 Å². The van der Waals surface area contributed by atoms with Crippen LogP contribution in [0.25, 0.3) is 10.2 Å². The van der Waals surface area contributed by atoms with Crippen LogP contribution in [0.15, 0.2) is 22.8 Å². The summed E-state index contributed by atoms with van der Waals surface area (Å²) in [5.41, 5.74) is 0.964. The highest BCUT2D eigenvalue weighted by Crippen LogP contribution is 2.29. The first-order valence-electron chi connectivity index (χ1n) is 6.83. The molecule has 1 unspecified atom stereocenters. The van der Waals surface area contributed by atoms with E-state index in [1.807, 2.05) is 16.3 Å². The summed E-state index contributed by atoms with van der Waals surface area (Å²) in [5, 5.41) is 2.93. The van der Waals surface area contributed by atoms with E-state index in [0.717, 1.165) is 34.8 Å². The Hall–Kier alpha value is -1.14. The summed E-state index contributed by atoms with van der Waals surface area (Å²) in [6.45, 7) is 4.02. The van der Waals surface area contributed by atoms with Crippen molar-refractivity contribution in [2.75, 3.05) is 18.8 Å². The number of piperidine rings is 1. The van der Waals surface area contributed by atoms with Crippen molar-refractivity contribution in [3.8, 4) is 0 Å². The standard InChI is InChI=1S/C14H17N3OS2/c1-10-3-2-5-17(7-10)12(18)8-20-14-13-11(4-6-19-13)15-9-16-14/h4,6,9-10H,2-3,5,7-8H2,1H3. The molecule has 3 heterocycles. The quantitative estimate of drug-likeness (QED) is 0.646. The first-order valence-corrected chi connectivity index (χ1v) is 8.69. The van der Waals surface area contributed by atoms with Gasteiger partial charge >= 0.3 is 0 Å². The summed E-state index contributed by atoms with van der Waals surface area (Å²) < 4.78 is 1.08. The zero-order valence-electron chi connectivity index (χ0n) is 11.4. The average Bonchev–Trinajstić information content (AvgIpc) is 2.93. The van der Waals surface area contributed by atoms with E-state index in [0.29, 0.717) is 11.7 Å². The molecule has 0 aromatic carbocycles. The van der Waals surface area contributed by atoms with Gasteiger partial charge in [0.15, 0.2) is 0 Å². The largest absolute Gasteiger partial charge is 0.342 e. The molecule has 106 valence electrons. The highest BCUT2D eigenvalue weighted by Gasteiger charge is 2.21. The topological polar surface area (TPSA) is 46.1 Å². The third-order valence-corrected chi connectivity index (χ3v) is 5.57. The van der Waals surface area contributed by atoms with E-state index in [4.69, 9.17) is 0 Å². The number of amides is 1. The maximum Gasteiger partial charge on any atom is 0.232 e. The van der Waals surface area contributed by atoms with Crippen LogP contribution in [-0.2, 0) is 4.79 Å². The van der Waals surface area contributed by atoms with Crippen molar-refractivity contribution in [2.45, 2.75) is 24.8 Å². The number of rotatable bonds is 3. The fourth-order valence-electron chi connectivity index (χ4n) is 2.51. The van der Waals surface area contributed by atoms with E-state index in [1.54, 1.807) is 17.7 Å². The van der Waals surface area contributed by atoms with Gasteiger partial charge in [-0.3, -0.25) is 4.79 Å². The maximum atomic E-state index is 12.3. The normalized spacial score (nSPS) is 19.4. The smallest absolute Gasteiger partial charge is 0.232 e. The van der Waals surface area contributed by atoms with E-state index in [2.05, 4.69) is 16.9 Å². The second kappa shape index (κ2) is 6.10. The zero-order chi connectivity index (χ0) is 13.9. The molecule has 20 heavy (non-hydrogen) atoms. The Morgan fingerprint density at radius 3 is 3.30 bits per heavy atom. The third-order valence-electron chi connectivity index (χ3n) is 3.55. The Kier molecular flexibility index (Phi) is 4.21. The molecule has 1 aliphatic heterocycles. The first kappa shape index (κ1) is 13.8. The molecular formula is C14H17N3OS2. The van der Waals surface area contributed by atoms with Crippen LogP contribution < -0.4 is 0 Å². The minimum atomic E-state index is 0.227. The molecule has 0 saturated carbocycles. The van der Waals surface area contributed by atoms with Gasteiger partial charge in [0.1, 0.15) is 11.4 Å². The second-order valence-electron chi connectivity index (χ2n) is 5.19. The molecule has 0 aliphatic carbocycles. The Balaban J connectivity index is 1.64. The molecule has 1 aliphatic rings. The molecule has 2 aromatic rings. The van der Waals surface area contributed by atoms with Crippen molar-refractivity contribution in [3.63, 3.8) is 0 Å². The molecule has 0 bridgehead atoms. The number of likely N-dealkylation sites (tertiary alicyclic amines) is 1. The lowest BCUT2D eigenvalue weighted by Gasteiger charge is -2.30. The Morgan fingerprint density at radius 2 is 2.45 bits per heavy atom. The van der Waals surface area contributed by atoms with Crippen LogP contribution >= 0.6 is 23.1 Å². The van der Waals surface area contributed by atoms with Gasteiger partial charge < -0.3 is 4.90 Å². The molecule has 1 atom stereocenters. The van der Waals surface area contributed by atoms with Crippen LogP contribution in [0, 0.1) is 5.92 Å². The van der Waals surface area contributed by atoms with Crippen molar-refractivity contribution in [1.29, 1.82) is 0 Å². The van der Waals surface area contributed by atoms with E-state index < -0.39 is 0 Å². The van der Waals surface area contributed by atoms with Gasteiger partial charge in [0.2, 0.25) is 5.91 Å². The van der Waals surface area contributed by atoms with Crippen molar-refractivity contribution >= 4 is 39.2 Å². The molecule has 1 saturated heterocycles. The van der Waals surface area contributed by atoms with Gasteiger partial charge in [-0.1, -0.05) is 18.7 Å². The van der Waals surface area contributed by atoms with Crippen LogP contribution in [0.3, 0.4) is 0 Å². The number of nitrogens with zero attached hydrogens (tertiary/aromatic N) is 3. The van der Waals surface area contributed by atoms with Gasteiger partial charge in [-0.05, 0) is 30.2 Å². The molecule has 2 aromatic heterocycles. The van der Waals surface area contributed by atoms with Crippen LogP contribution in [0.5, 0.6) is 0 Å². The predicted octanol–water partition coefficient (Wildman–Crippen LogP) is 3.04. The van der Waals surface area contributed by atoms with Gasteiger partial charge in [-0.15, -0.1) is 11.3 Å². The SMILES string of the molecule is CC1CCCN(C(=O)CSc2ncnc3ccsc23)C1. The molecular weight excluding hydrogens is 290 g/mol. The molecule has 6 heteroatoms. The van der Waals surface area contributed by atoms with Crippen LogP contribution in [0.2, 0.25) is 0 Å². The van der Waals surface area contributed by atoms with Gasteiger partial charge in [0.05, 0.1) is 16.0 Å². The van der Waals surface area contributed by atoms with Crippen LogP contribution in [-0.4, -0.2) is 39.6 Å². The number of carbonyl (C=O) groups is 1. The van der Waals surface area contributed by atoms with Gasteiger partial charge in [-0.2, -0.15) is 0 Å². The summed E-state index contributed by atoms with van der Waals surface area (Å²) in [6, 6.07) is 1.99. The average molecular weight is 307 g/mol. The summed E-state index contributed by atoms with van der Waals surface area (Å²) in [5.74, 6) is 1.32. The first-order chi connectivity index (χ1) is 9.74. The lowest BCUT2D eigenvalue weighted by atomic mass is 10.0. The van der Waals surface area contributed by atoms with Crippen LogP contribution in [0.4, 0.5) is 0 Å². The summed E-state index contributed by atoms with van der Waals surface area (Å²) in [4.78, 5) is 22.8. The Bertz CT molecular complexity index is 613. The number of hydrogen-bond donors (Lipinski definition) is 0. The zero-order valence-corrected chi connectivity index (χ0v) is 13.0. The number of aromatic nitrogens is 2.